The molecule has 0 aliphatic heterocycles. The topological polar surface area (TPSA) is 107 Å². The van der Waals surface area contributed by atoms with E-state index in [1.165, 1.54) is 11.3 Å². The maximum absolute atomic E-state index is 10.7. The van der Waals surface area contributed by atoms with E-state index in [2.05, 4.69) is 15.3 Å². The molecule has 0 aliphatic carbocycles. The lowest BCUT2D eigenvalue weighted by Crippen LogP contribution is -2.30. The molecule has 5 N–H and O–H groups in total. The maximum atomic E-state index is 10.7. The Morgan fingerprint density at radius 2 is 2.18 bits per heavy atom. The Hall–Kier alpha value is -2.67. The van der Waals surface area contributed by atoms with Crippen LogP contribution in [0.1, 0.15) is 5.01 Å². The van der Waals surface area contributed by atoms with Crippen molar-refractivity contribution in [2.45, 2.75) is 6.42 Å². The predicted octanol–water partition coefficient (Wildman–Crippen LogP) is 2.15. The van der Waals surface area contributed by atoms with Gasteiger partial charge in [-0.3, -0.25) is 4.98 Å². The van der Waals surface area contributed by atoms with Crippen molar-refractivity contribution < 1.29 is 4.79 Å². The Morgan fingerprint density at radius 3 is 2.91 bits per heavy atom. The van der Waals surface area contributed by atoms with Gasteiger partial charge < -0.3 is 16.8 Å². The number of amides is 2. The zero-order valence-electron chi connectivity index (χ0n) is 11.7. The summed E-state index contributed by atoms with van der Waals surface area (Å²) in [6.07, 6.45) is 4.16. The van der Waals surface area contributed by atoms with E-state index in [1.807, 2.05) is 24.3 Å². The first-order valence-electron chi connectivity index (χ1n) is 6.76. The van der Waals surface area contributed by atoms with Gasteiger partial charge in [0.05, 0.1) is 20.9 Å². The van der Waals surface area contributed by atoms with Crippen molar-refractivity contribution in [3.8, 4) is 11.1 Å². The molecule has 0 spiro atoms. The van der Waals surface area contributed by atoms with Crippen molar-refractivity contribution >= 4 is 33.3 Å². The number of aromatic nitrogens is 2. The van der Waals surface area contributed by atoms with Gasteiger partial charge in [0.15, 0.2) is 0 Å². The predicted molar refractivity (Wildman–Crippen MR) is 88.6 cm³/mol. The highest BCUT2D eigenvalue weighted by atomic mass is 32.1. The first kappa shape index (κ1) is 14.3. The monoisotopic (exact) mass is 313 g/mol. The van der Waals surface area contributed by atoms with Crippen LogP contribution in [-0.4, -0.2) is 22.5 Å². The highest BCUT2D eigenvalue weighted by Crippen LogP contribution is 2.32. The number of thiazole rings is 1. The third-order valence-electron chi connectivity index (χ3n) is 3.20. The summed E-state index contributed by atoms with van der Waals surface area (Å²) in [4.78, 5) is 19.4. The number of nitrogens with two attached hydrogens (primary N) is 2. The first-order valence-corrected chi connectivity index (χ1v) is 7.58. The minimum Gasteiger partial charge on any atom is -0.398 e. The molecular weight excluding hydrogens is 298 g/mol. The van der Waals surface area contributed by atoms with Crippen LogP contribution in [0.4, 0.5) is 10.5 Å². The first-order chi connectivity index (χ1) is 10.6. The van der Waals surface area contributed by atoms with Gasteiger partial charge in [-0.25, -0.2) is 9.78 Å². The van der Waals surface area contributed by atoms with Crippen LogP contribution in [0.2, 0.25) is 0 Å². The van der Waals surface area contributed by atoms with E-state index in [0.717, 1.165) is 26.4 Å². The molecule has 2 heterocycles. The van der Waals surface area contributed by atoms with E-state index < -0.39 is 6.03 Å². The molecule has 0 atom stereocenters. The van der Waals surface area contributed by atoms with E-state index in [-0.39, 0.29) is 0 Å². The number of carbonyl (C=O) groups excluding carboxylic acids is 1. The molecule has 112 valence electrons. The van der Waals surface area contributed by atoms with Gasteiger partial charge in [0.2, 0.25) is 0 Å². The van der Waals surface area contributed by atoms with Crippen LogP contribution in [0.5, 0.6) is 0 Å². The average Bonchev–Trinajstić information content (AvgIpc) is 2.91. The van der Waals surface area contributed by atoms with E-state index in [1.54, 1.807) is 12.4 Å². The Morgan fingerprint density at radius 1 is 1.32 bits per heavy atom. The standard InChI is InChI=1S/C15H15N5OS/c16-11-6-10(9-2-1-4-18-8-9)7-12-14(11)22-13(20-12)3-5-19-15(17)21/h1-2,4,6-8H,3,5,16H2,(H3,17,19,21). The van der Waals surface area contributed by atoms with E-state index >= 15 is 0 Å². The number of nitrogen functional groups attached to an aromatic ring is 1. The van der Waals surface area contributed by atoms with E-state index in [9.17, 15) is 4.79 Å². The summed E-state index contributed by atoms with van der Waals surface area (Å²) in [6, 6.07) is 7.28. The van der Waals surface area contributed by atoms with Crippen molar-refractivity contribution in [3.05, 3.63) is 41.7 Å². The number of nitrogens with one attached hydrogen (secondary N) is 1. The number of primary amides is 1. The Labute approximate surface area is 131 Å². The van der Waals surface area contributed by atoms with Gasteiger partial charge >= 0.3 is 6.03 Å². The second-order valence-corrected chi connectivity index (χ2v) is 5.89. The summed E-state index contributed by atoms with van der Waals surface area (Å²) in [6.45, 7) is 0.463. The van der Waals surface area contributed by atoms with Crippen molar-refractivity contribution in [3.63, 3.8) is 0 Å². The van der Waals surface area contributed by atoms with Crippen LogP contribution in [0.15, 0.2) is 36.7 Å². The van der Waals surface area contributed by atoms with Crippen LogP contribution >= 0.6 is 11.3 Å². The Bertz CT molecular complexity index is 815. The highest BCUT2D eigenvalue weighted by molar-refractivity contribution is 7.19. The van der Waals surface area contributed by atoms with Crippen molar-refractivity contribution in [2.75, 3.05) is 12.3 Å². The fraction of sp³-hybridized carbons (Fsp3) is 0.133. The van der Waals surface area contributed by atoms with Gasteiger partial charge in [0.25, 0.3) is 0 Å². The number of pyridine rings is 1. The molecule has 2 amide bonds. The largest absolute Gasteiger partial charge is 0.398 e. The minimum absolute atomic E-state index is 0.463. The Balaban J connectivity index is 1.91. The summed E-state index contributed by atoms with van der Waals surface area (Å²) in [5.74, 6) is 0. The number of rotatable bonds is 4. The number of carbonyl (C=O) groups is 1. The van der Waals surface area contributed by atoms with Gasteiger partial charge in [0, 0.05) is 30.9 Å². The van der Waals surface area contributed by atoms with Crippen molar-refractivity contribution in [1.82, 2.24) is 15.3 Å². The van der Waals surface area contributed by atoms with E-state index in [4.69, 9.17) is 11.5 Å². The molecule has 7 heteroatoms. The molecule has 2 aromatic heterocycles. The van der Waals surface area contributed by atoms with Gasteiger partial charge in [-0.15, -0.1) is 11.3 Å². The average molecular weight is 313 g/mol. The lowest BCUT2D eigenvalue weighted by Gasteiger charge is -2.02. The molecule has 0 bridgehead atoms. The molecule has 0 saturated carbocycles. The van der Waals surface area contributed by atoms with Crippen LogP contribution in [-0.2, 0) is 6.42 Å². The van der Waals surface area contributed by atoms with Gasteiger partial charge in [-0.05, 0) is 23.8 Å². The molecular formula is C15H15N5OS. The highest BCUT2D eigenvalue weighted by Gasteiger charge is 2.10. The summed E-state index contributed by atoms with van der Waals surface area (Å²) in [5, 5.41) is 3.47. The van der Waals surface area contributed by atoms with Crippen LogP contribution in [0.3, 0.4) is 0 Å². The summed E-state index contributed by atoms with van der Waals surface area (Å²) in [5.41, 5.74) is 14.7. The number of hydrogen-bond acceptors (Lipinski definition) is 5. The molecule has 3 rings (SSSR count). The fourth-order valence-electron chi connectivity index (χ4n) is 2.20. The van der Waals surface area contributed by atoms with Crippen LogP contribution in [0, 0.1) is 0 Å². The number of anilines is 1. The van der Waals surface area contributed by atoms with Crippen LogP contribution < -0.4 is 16.8 Å². The summed E-state index contributed by atoms with van der Waals surface area (Å²) >= 11 is 1.54. The maximum Gasteiger partial charge on any atom is 0.312 e. The molecule has 1 aromatic carbocycles. The van der Waals surface area contributed by atoms with Crippen molar-refractivity contribution in [1.29, 1.82) is 0 Å². The SMILES string of the molecule is NC(=O)NCCc1nc2cc(-c3cccnc3)cc(N)c2s1. The second-order valence-electron chi connectivity index (χ2n) is 4.80. The number of benzene rings is 1. The molecule has 0 aliphatic rings. The third kappa shape index (κ3) is 2.99. The zero-order valence-corrected chi connectivity index (χ0v) is 12.6. The lowest BCUT2D eigenvalue weighted by molar-refractivity contribution is 0.249. The number of fused-ring (bicyclic) bond motifs is 1. The minimum atomic E-state index is -0.528. The molecule has 0 saturated heterocycles. The smallest absolute Gasteiger partial charge is 0.312 e. The molecule has 0 fully saturated rings. The molecule has 0 radical (unpaired) electrons. The number of hydrogen-bond donors (Lipinski definition) is 3. The van der Waals surface area contributed by atoms with Gasteiger partial charge in [0.1, 0.15) is 0 Å². The number of urea groups is 1. The number of nitrogens with zero attached hydrogens (tertiary/aromatic N) is 2. The van der Waals surface area contributed by atoms with Crippen LogP contribution in [0.25, 0.3) is 21.3 Å². The van der Waals surface area contributed by atoms with Gasteiger partial charge in [-0.1, -0.05) is 6.07 Å². The fourth-order valence-corrected chi connectivity index (χ4v) is 3.17. The molecule has 6 nitrogen and oxygen atoms in total. The third-order valence-corrected chi connectivity index (χ3v) is 4.38. The second kappa shape index (κ2) is 5.98. The van der Waals surface area contributed by atoms with Crippen molar-refractivity contribution in [2.24, 2.45) is 5.73 Å². The normalized spacial score (nSPS) is 10.7. The Kier molecular flexibility index (Phi) is 3.88. The summed E-state index contributed by atoms with van der Waals surface area (Å²) < 4.78 is 0.960. The van der Waals surface area contributed by atoms with Gasteiger partial charge in [-0.2, -0.15) is 0 Å². The summed E-state index contributed by atoms with van der Waals surface area (Å²) in [7, 11) is 0. The molecule has 3 aromatic rings. The lowest BCUT2D eigenvalue weighted by atomic mass is 10.1. The van der Waals surface area contributed by atoms with E-state index in [0.29, 0.717) is 18.7 Å². The molecule has 0 unspecified atom stereocenters. The quantitative estimate of drug-likeness (QED) is 0.641. The molecule has 22 heavy (non-hydrogen) atoms. The zero-order chi connectivity index (χ0) is 15.5.